The van der Waals surface area contributed by atoms with E-state index in [0.717, 1.165) is 12.1 Å². The van der Waals surface area contributed by atoms with Gasteiger partial charge in [0.15, 0.2) is 0 Å². The Morgan fingerprint density at radius 2 is 2.00 bits per heavy atom. The van der Waals surface area contributed by atoms with Gasteiger partial charge < -0.3 is 15.0 Å². The maximum Gasteiger partial charge on any atom is 0.233 e. The second-order valence-corrected chi connectivity index (χ2v) is 5.54. The van der Waals surface area contributed by atoms with Gasteiger partial charge in [-0.2, -0.15) is 12.6 Å². The van der Waals surface area contributed by atoms with Gasteiger partial charge in [0.05, 0.1) is 18.5 Å². The highest BCUT2D eigenvalue weighted by Crippen LogP contribution is 2.07. The number of hydrogen-bond acceptors (Lipinski definition) is 4. The molecule has 4 nitrogen and oxygen atoms in total. The summed E-state index contributed by atoms with van der Waals surface area (Å²) >= 11 is 4.35. The van der Waals surface area contributed by atoms with Crippen molar-refractivity contribution in [2.45, 2.75) is 11.7 Å². The lowest BCUT2D eigenvalue weighted by Crippen LogP contribution is -2.35. The van der Waals surface area contributed by atoms with Gasteiger partial charge in [-0.25, -0.2) is 0 Å². The number of amides is 1. The van der Waals surface area contributed by atoms with Crippen LogP contribution in [0.25, 0.3) is 0 Å². The van der Waals surface area contributed by atoms with Crippen molar-refractivity contribution in [1.29, 1.82) is 0 Å². The van der Waals surface area contributed by atoms with Crippen LogP contribution in [0.15, 0.2) is 30.3 Å². The van der Waals surface area contributed by atoms with Crippen molar-refractivity contribution in [3.05, 3.63) is 35.9 Å². The summed E-state index contributed by atoms with van der Waals surface area (Å²) in [5.74, 6) is -0.0478. The molecular formula is C15H24N2O2S. The van der Waals surface area contributed by atoms with Crippen molar-refractivity contribution in [3.8, 4) is 0 Å². The Morgan fingerprint density at radius 1 is 1.30 bits per heavy atom. The van der Waals surface area contributed by atoms with Crippen LogP contribution >= 0.6 is 12.6 Å². The number of hydrogen-bond donors (Lipinski definition) is 2. The van der Waals surface area contributed by atoms with E-state index >= 15 is 0 Å². The molecule has 0 aliphatic rings. The molecule has 0 aliphatic carbocycles. The van der Waals surface area contributed by atoms with E-state index in [2.05, 4.69) is 22.8 Å². The molecule has 112 valence electrons. The fourth-order valence-corrected chi connectivity index (χ4v) is 1.95. The molecule has 0 fully saturated rings. The van der Waals surface area contributed by atoms with Gasteiger partial charge in [-0.3, -0.25) is 4.79 Å². The predicted octanol–water partition coefficient (Wildman–Crippen LogP) is 1.22. The summed E-state index contributed by atoms with van der Waals surface area (Å²) in [6, 6.07) is 9.89. The van der Waals surface area contributed by atoms with Crippen LogP contribution in [-0.2, 0) is 16.0 Å². The molecule has 0 radical (unpaired) electrons. The van der Waals surface area contributed by atoms with E-state index in [1.54, 1.807) is 0 Å². The van der Waals surface area contributed by atoms with Crippen molar-refractivity contribution < 1.29 is 9.53 Å². The quantitative estimate of drug-likeness (QED) is 0.532. The fraction of sp³-hybridized carbons (Fsp3) is 0.533. The van der Waals surface area contributed by atoms with Gasteiger partial charge in [0, 0.05) is 13.1 Å². The molecule has 1 rings (SSSR count). The van der Waals surface area contributed by atoms with Crippen molar-refractivity contribution in [2.24, 2.45) is 0 Å². The van der Waals surface area contributed by atoms with E-state index in [-0.39, 0.29) is 11.2 Å². The number of ether oxygens (including phenoxy) is 1. The van der Waals surface area contributed by atoms with Gasteiger partial charge in [0.2, 0.25) is 5.91 Å². The summed E-state index contributed by atoms with van der Waals surface area (Å²) in [5.41, 5.74) is 1.12. The fourth-order valence-electron chi connectivity index (χ4n) is 1.64. The largest absolute Gasteiger partial charge is 0.378 e. The molecule has 5 heteroatoms. The number of carbonyl (C=O) groups is 1. The van der Waals surface area contributed by atoms with Gasteiger partial charge >= 0.3 is 0 Å². The van der Waals surface area contributed by atoms with Crippen molar-refractivity contribution in [1.82, 2.24) is 10.2 Å². The molecule has 1 amide bonds. The van der Waals surface area contributed by atoms with Gasteiger partial charge in [0.25, 0.3) is 0 Å². The summed E-state index contributed by atoms with van der Waals surface area (Å²) in [5, 5.41) is 2.52. The monoisotopic (exact) mass is 296 g/mol. The highest BCUT2D eigenvalue weighted by molar-refractivity contribution is 7.81. The first-order chi connectivity index (χ1) is 9.59. The second-order valence-electron chi connectivity index (χ2n) is 4.91. The molecule has 1 aromatic carbocycles. The Balaban J connectivity index is 2.13. The first-order valence-corrected chi connectivity index (χ1v) is 7.33. The molecule has 0 saturated heterocycles. The van der Waals surface area contributed by atoms with E-state index in [0.29, 0.717) is 26.2 Å². The third-order valence-corrected chi connectivity index (χ3v) is 3.22. The van der Waals surface area contributed by atoms with Crippen LogP contribution in [0.3, 0.4) is 0 Å². The zero-order valence-corrected chi connectivity index (χ0v) is 13.1. The number of likely N-dealkylation sites (N-methyl/N-ethyl adjacent to an activating group) is 1. The highest BCUT2D eigenvalue weighted by Gasteiger charge is 2.13. The first kappa shape index (κ1) is 17.0. The number of carbonyl (C=O) groups excluding carboxylic acids is 1. The number of nitrogens with zero attached hydrogens (tertiary/aromatic N) is 1. The summed E-state index contributed by atoms with van der Waals surface area (Å²) in [6.45, 7) is 2.62. The molecule has 20 heavy (non-hydrogen) atoms. The van der Waals surface area contributed by atoms with Crippen molar-refractivity contribution >= 4 is 18.5 Å². The van der Waals surface area contributed by atoms with Gasteiger partial charge in [-0.05, 0) is 26.1 Å². The Labute approximate surface area is 126 Å². The lowest BCUT2D eigenvalue weighted by Gasteiger charge is -2.13. The SMILES string of the molecule is CN(C)CCOCCNC(=O)C(S)Cc1ccccc1. The van der Waals surface area contributed by atoms with Crippen LogP contribution in [0.5, 0.6) is 0 Å². The second kappa shape index (κ2) is 9.80. The molecule has 0 heterocycles. The lowest BCUT2D eigenvalue weighted by molar-refractivity contribution is -0.120. The maximum absolute atomic E-state index is 11.8. The van der Waals surface area contributed by atoms with Crippen LogP contribution in [0.4, 0.5) is 0 Å². The van der Waals surface area contributed by atoms with Crippen LogP contribution in [0.2, 0.25) is 0 Å². The van der Waals surface area contributed by atoms with Crippen LogP contribution in [0.1, 0.15) is 5.56 Å². The zero-order chi connectivity index (χ0) is 14.8. The average molecular weight is 296 g/mol. The molecule has 1 unspecified atom stereocenters. The summed E-state index contributed by atoms with van der Waals surface area (Å²) < 4.78 is 5.41. The van der Waals surface area contributed by atoms with Crippen LogP contribution < -0.4 is 5.32 Å². The van der Waals surface area contributed by atoms with Gasteiger partial charge in [0.1, 0.15) is 0 Å². The molecule has 1 atom stereocenters. The minimum atomic E-state index is -0.320. The molecule has 0 aromatic heterocycles. The minimum absolute atomic E-state index is 0.0478. The molecule has 0 saturated carbocycles. The van der Waals surface area contributed by atoms with Gasteiger partial charge in [-0.15, -0.1) is 0 Å². The van der Waals surface area contributed by atoms with Gasteiger partial charge in [-0.1, -0.05) is 30.3 Å². The molecule has 0 spiro atoms. The Morgan fingerprint density at radius 3 is 2.65 bits per heavy atom. The van der Waals surface area contributed by atoms with Crippen molar-refractivity contribution in [2.75, 3.05) is 40.4 Å². The topological polar surface area (TPSA) is 41.6 Å². The Bertz CT molecular complexity index is 385. The standard InChI is InChI=1S/C15H24N2O2S/c1-17(2)9-11-19-10-8-16-15(18)14(20)12-13-6-4-3-5-7-13/h3-7,14,20H,8-12H2,1-2H3,(H,16,18). The molecule has 1 aromatic rings. The average Bonchev–Trinajstić information content (AvgIpc) is 2.43. The summed E-state index contributed by atoms with van der Waals surface area (Å²) in [4.78, 5) is 13.9. The number of rotatable bonds is 9. The summed E-state index contributed by atoms with van der Waals surface area (Å²) in [6.07, 6.45) is 0.636. The normalized spacial score (nSPS) is 12.4. The molecular weight excluding hydrogens is 272 g/mol. The van der Waals surface area contributed by atoms with E-state index in [9.17, 15) is 4.79 Å². The van der Waals surface area contributed by atoms with E-state index in [1.807, 2.05) is 44.4 Å². The van der Waals surface area contributed by atoms with Crippen molar-refractivity contribution in [3.63, 3.8) is 0 Å². The van der Waals surface area contributed by atoms with Crippen LogP contribution in [-0.4, -0.2) is 56.5 Å². The smallest absolute Gasteiger partial charge is 0.233 e. The van der Waals surface area contributed by atoms with E-state index in [4.69, 9.17) is 4.74 Å². The maximum atomic E-state index is 11.8. The number of thiol groups is 1. The highest BCUT2D eigenvalue weighted by atomic mass is 32.1. The Kier molecular flexibility index (Phi) is 8.34. The van der Waals surface area contributed by atoms with Crippen LogP contribution in [0, 0.1) is 0 Å². The number of benzene rings is 1. The third-order valence-electron chi connectivity index (χ3n) is 2.80. The van der Waals surface area contributed by atoms with E-state index < -0.39 is 0 Å². The molecule has 0 bridgehead atoms. The molecule has 0 aliphatic heterocycles. The zero-order valence-electron chi connectivity index (χ0n) is 12.2. The minimum Gasteiger partial charge on any atom is -0.378 e. The van der Waals surface area contributed by atoms with E-state index in [1.165, 1.54) is 0 Å². The molecule has 1 N–H and O–H groups in total. The number of nitrogens with one attached hydrogen (secondary N) is 1. The third kappa shape index (κ3) is 7.53. The lowest BCUT2D eigenvalue weighted by atomic mass is 10.1. The predicted molar refractivity (Wildman–Crippen MR) is 85.3 cm³/mol. The summed E-state index contributed by atoms with van der Waals surface area (Å²) in [7, 11) is 4.00. The first-order valence-electron chi connectivity index (χ1n) is 6.82. The Hall–Kier alpha value is -1.04.